The molecule has 4 fully saturated rings. The van der Waals surface area contributed by atoms with Gasteiger partial charge < -0.3 is 14.8 Å². The minimum atomic E-state index is 0.0969. The van der Waals surface area contributed by atoms with Gasteiger partial charge in [-0.2, -0.15) is 0 Å². The van der Waals surface area contributed by atoms with E-state index in [1.54, 1.807) is 0 Å². The predicted octanol–water partition coefficient (Wildman–Crippen LogP) is 3.09. The first-order chi connectivity index (χ1) is 11.7. The van der Waals surface area contributed by atoms with Gasteiger partial charge in [0.2, 0.25) is 5.91 Å². The third kappa shape index (κ3) is 2.56. The average Bonchev–Trinajstić information content (AvgIpc) is 2.52. The molecule has 1 aromatic carbocycles. The molecule has 5 aliphatic rings. The number of hydrogen-bond acceptors (Lipinski definition) is 3. The molecule has 4 nitrogen and oxygen atoms in total. The molecule has 1 amide bonds. The van der Waals surface area contributed by atoms with Crippen LogP contribution in [0.1, 0.15) is 44.1 Å². The lowest BCUT2D eigenvalue weighted by molar-refractivity contribution is -0.126. The van der Waals surface area contributed by atoms with Crippen LogP contribution < -0.4 is 14.8 Å². The highest BCUT2D eigenvalue weighted by Crippen LogP contribution is 2.55. The zero-order chi connectivity index (χ0) is 16.1. The standard InChI is InChI=1S/C20H25NO3/c22-19(9-13-1-2-17-18(8-13)24-4-3-23-17)21-20-10-14-5-15(11-20)7-16(6-14)12-20/h1-2,8,14-16H,3-7,9-12H2,(H,21,22). The van der Waals surface area contributed by atoms with Gasteiger partial charge in [-0.25, -0.2) is 0 Å². The van der Waals surface area contributed by atoms with Gasteiger partial charge in [0.25, 0.3) is 0 Å². The van der Waals surface area contributed by atoms with Gasteiger partial charge in [0.15, 0.2) is 11.5 Å². The molecule has 0 saturated heterocycles. The van der Waals surface area contributed by atoms with E-state index in [9.17, 15) is 4.79 Å². The smallest absolute Gasteiger partial charge is 0.224 e. The minimum Gasteiger partial charge on any atom is -0.486 e. The number of hydrogen-bond donors (Lipinski definition) is 1. The van der Waals surface area contributed by atoms with Crippen LogP contribution in [0.2, 0.25) is 0 Å². The molecular weight excluding hydrogens is 302 g/mol. The fraction of sp³-hybridized carbons (Fsp3) is 0.650. The molecule has 1 aliphatic heterocycles. The molecule has 24 heavy (non-hydrogen) atoms. The molecule has 6 rings (SSSR count). The molecule has 0 unspecified atom stereocenters. The van der Waals surface area contributed by atoms with Crippen LogP contribution in [-0.2, 0) is 11.2 Å². The van der Waals surface area contributed by atoms with E-state index in [0.29, 0.717) is 19.6 Å². The SMILES string of the molecule is O=C(Cc1ccc2c(c1)OCCO2)NC12CC3CC(CC(C3)C1)C2. The second kappa shape index (κ2) is 5.40. The topological polar surface area (TPSA) is 47.6 Å². The Morgan fingerprint density at radius 2 is 1.62 bits per heavy atom. The first-order valence-electron chi connectivity index (χ1n) is 9.37. The summed E-state index contributed by atoms with van der Waals surface area (Å²) >= 11 is 0. The van der Waals surface area contributed by atoms with E-state index in [-0.39, 0.29) is 11.4 Å². The van der Waals surface area contributed by atoms with Crippen LogP contribution >= 0.6 is 0 Å². The van der Waals surface area contributed by atoms with Crippen LogP contribution in [0, 0.1) is 17.8 Å². The third-order valence-corrected chi connectivity index (χ3v) is 6.41. The van der Waals surface area contributed by atoms with Gasteiger partial charge in [-0.1, -0.05) is 6.07 Å². The fourth-order valence-electron chi connectivity index (χ4n) is 5.99. The van der Waals surface area contributed by atoms with Crippen molar-refractivity contribution in [3.63, 3.8) is 0 Å². The second-order valence-corrected chi connectivity index (χ2v) is 8.40. The predicted molar refractivity (Wildman–Crippen MR) is 90.2 cm³/mol. The molecule has 1 heterocycles. The highest BCUT2D eigenvalue weighted by Gasteiger charge is 2.51. The lowest BCUT2D eigenvalue weighted by Gasteiger charge is -2.56. The Morgan fingerprint density at radius 1 is 1.00 bits per heavy atom. The van der Waals surface area contributed by atoms with E-state index in [1.807, 2.05) is 18.2 Å². The van der Waals surface area contributed by atoms with Gasteiger partial charge in [0.1, 0.15) is 13.2 Å². The maximum Gasteiger partial charge on any atom is 0.224 e. The monoisotopic (exact) mass is 327 g/mol. The number of amides is 1. The number of fused-ring (bicyclic) bond motifs is 1. The Morgan fingerprint density at radius 3 is 2.29 bits per heavy atom. The van der Waals surface area contributed by atoms with Crippen molar-refractivity contribution in [2.45, 2.75) is 50.5 Å². The maximum atomic E-state index is 12.7. The summed E-state index contributed by atoms with van der Waals surface area (Å²) in [5.74, 6) is 4.27. The molecule has 4 bridgehead atoms. The molecule has 0 radical (unpaired) electrons. The number of benzene rings is 1. The molecule has 0 aromatic heterocycles. The van der Waals surface area contributed by atoms with E-state index < -0.39 is 0 Å². The summed E-state index contributed by atoms with van der Waals surface area (Å²) in [7, 11) is 0. The first-order valence-corrected chi connectivity index (χ1v) is 9.37. The summed E-state index contributed by atoms with van der Waals surface area (Å²) in [5, 5.41) is 3.44. The fourth-order valence-corrected chi connectivity index (χ4v) is 5.99. The largest absolute Gasteiger partial charge is 0.486 e. The number of carbonyl (C=O) groups excluding carboxylic acids is 1. The summed E-state index contributed by atoms with van der Waals surface area (Å²) in [4.78, 5) is 12.7. The van der Waals surface area contributed by atoms with E-state index in [1.165, 1.54) is 38.5 Å². The zero-order valence-corrected chi connectivity index (χ0v) is 14.1. The maximum absolute atomic E-state index is 12.7. The Labute approximate surface area is 142 Å². The van der Waals surface area contributed by atoms with Crippen molar-refractivity contribution in [3.05, 3.63) is 23.8 Å². The first kappa shape index (κ1) is 14.6. The van der Waals surface area contributed by atoms with Crippen molar-refractivity contribution in [3.8, 4) is 11.5 Å². The van der Waals surface area contributed by atoms with Crippen molar-refractivity contribution < 1.29 is 14.3 Å². The highest BCUT2D eigenvalue weighted by atomic mass is 16.6. The molecule has 1 N–H and O–H groups in total. The van der Waals surface area contributed by atoms with E-state index in [4.69, 9.17) is 9.47 Å². The summed E-state index contributed by atoms with van der Waals surface area (Å²) < 4.78 is 11.2. The molecule has 128 valence electrons. The van der Waals surface area contributed by atoms with Gasteiger partial charge in [0, 0.05) is 5.54 Å². The summed E-state index contributed by atoms with van der Waals surface area (Å²) in [6.07, 6.45) is 8.23. The van der Waals surface area contributed by atoms with Crippen LogP contribution in [0.4, 0.5) is 0 Å². The van der Waals surface area contributed by atoms with Crippen LogP contribution in [-0.4, -0.2) is 24.7 Å². The molecule has 4 heteroatoms. The van der Waals surface area contributed by atoms with Crippen molar-refractivity contribution >= 4 is 5.91 Å². The second-order valence-electron chi connectivity index (χ2n) is 8.40. The summed E-state index contributed by atoms with van der Waals surface area (Å²) in [5.41, 5.74) is 1.10. The van der Waals surface area contributed by atoms with Crippen LogP contribution in [0.15, 0.2) is 18.2 Å². The van der Waals surface area contributed by atoms with Crippen molar-refractivity contribution in [2.75, 3.05) is 13.2 Å². The van der Waals surface area contributed by atoms with Gasteiger partial charge in [0.05, 0.1) is 6.42 Å². The molecule has 0 spiro atoms. The Kier molecular flexibility index (Phi) is 3.29. The number of ether oxygens (including phenoxy) is 2. The summed E-state index contributed by atoms with van der Waals surface area (Å²) in [6.45, 7) is 1.18. The number of carbonyl (C=O) groups is 1. The highest BCUT2D eigenvalue weighted by molar-refractivity contribution is 5.79. The van der Waals surface area contributed by atoms with E-state index >= 15 is 0 Å². The Balaban J connectivity index is 1.28. The zero-order valence-electron chi connectivity index (χ0n) is 14.1. The van der Waals surface area contributed by atoms with Crippen molar-refractivity contribution in [2.24, 2.45) is 17.8 Å². The van der Waals surface area contributed by atoms with Crippen LogP contribution in [0.3, 0.4) is 0 Å². The third-order valence-electron chi connectivity index (χ3n) is 6.41. The Hall–Kier alpha value is -1.71. The van der Waals surface area contributed by atoms with Gasteiger partial charge >= 0.3 is 0 Å². The van der Waals surface area contributed by atoms with Crippen molar-refractivity contribution in [1.29, 1.82) is 0 Å². The molecule has 1 aromatic rings. The summed E-state index contributed by atoms with van der Waals surface area (Å²) in [6, 6.07) is 5.85. The van der Waals surface area contributed by atoms with Gasteiger partial charge in [-0.05, 0) is 74.0 Å². The molecule has 0 atom stereocenters. The lowest BCUT2D eigenvalue weighted by Crippen LogP contribution is -2.60. The average molecular weight is 327 g/mol. The number of nitrogens with one attached hydrogen (secondary N) is 1. The van der Waals surface area contributed by atoms with E-state index in [2.05, 4.69) is 5.32 Å². The van der Waals surface area contributed by atoms with Gasteiger partial charge in [-0.3, -0.25) is 4.79 Å². The van der Waals surface area contributed by atoms with Gasteiger partial charge in [-0.15, -0.1) is 0 Å². The van der Waals surface area contributed by atoms with Crippen molar-refractivity contribution in [1.82, 2.24) is 5.32 Å². The normalized spacial score (nSPS) is 35.8. The quantitative estimate of drug-likeness (QED) is 0.928. The molecular formula is C20H25NO3. The molecule has 4 aliphatic carbocycles. The lowest BCUT2D eigenvalue weighted by atomic mass is 9.53. The minimum absolute atomic E-state index is 0.0969. The molecule has 4 saturated carbocycles. The number of rotatable bonds is 3. The van der Waals surface area contributed by atoms with Crippen LogP contribution in [0.25, 0.3) is 0 Å². The Bertz CT molecular complexity index is 634. The van der Waals surface area contributed by atoms with E-state index in [0.717, 1.165) is 34.8 Å². The van der Waals surface area contributed by atoms with Crippen LogP contribution in [0.5, 0.6) is 11.5 Å².